The maximum atomic E-state index is 11.0. The van der Waals surface area contributed by atoms with Gasteiger partial charge in [-0.1, -0.05) is 72.8 Å². The molecule has 0 aliphatic carbocycles. The molecule has 3 aromatic rings. The van der Waals surface area contributed by atoms with Gasteiger partial charge in [-0.2, -0.15) is 0 Å². The number of aliphatic hydroxyl groups is 1. The molecule has 0 bridgehead atoms. The summed E-state index contributed by atoms with van der Waals surface area (Å²) in [7, 11) is 0. The van der Waals surface area contributed by atoms with Gasteiger partial charge in [-0.25, -0.2) is 0 Å². The van der Waals surface area contributed by atoms with Crippen LogP contribution in [0, 0.1) is 0 Å². The number of benzene rings is 3. The monoisotopic (exact) mass is 301 g/mol. The normalized spacial score (nSPS) is 20.1. The van der Waals surface area contributed by atoms with E-state index in [1.807, 2.05) is 42.5 Å². The quantitative estimate of drug-likeness (QED) is 0.754. The molecule has 2 nitrogen and oxygen atoms in total. The summed E-state index contributed by atoms with van der Waals surface area (Å²) in [5.41, 5.74) is 4.50. The molecule has 3 aromatic carbocycles. The standard InChI is InChI=1S/C21H19NO/c23-21-19-14-8-7-11-17(19)15-20(16-9-3-1-4-10-16)22(21)18-12-5-2-6-13-18/h1-14,20-21,23H,15H2/t20-,21-/m0/s1. The minimum absolute atomic E-state index is 0.128. The molecule has 0 saturated heterocycles. The molecule has 0 amide bonds. The molecule has 0 unspecified atom stereocenters. The summed E-state index contributed by atoms with van der Waals surface area (Å²) in [5.74, 6) is 0. The smallest absolute Gasteiger partial charge is 0.154 e. The highest BCUT2D eigenvalue weighted by molar-refractivity contribution is 5.54. The molecular formula is C21H19NO. The third-order valence-corrected chi connectivity index (χ3v) is 4.58. The van der Waals surface area contributed by atoms with Crippen LogP contribution in [0.15, 0.2) is 84.9 Å². The molecule has 0 aromatic heterocycles. The fourth-order valence-electron chi connectivity index (χ4n) is 3.47. The van der Waals surface area contributed by atoms with Gasteiger partial charge in [-0.05, 0) is 29.7 Å². The van der Waals surface area contributed by atoms with Gasteiger partial charge in [0.05, 0.1) is 6.04 Å². The fourth-order valence-corrected chi connectivity index (χ4v) is 3.47. The van der Waals surface area contributed by atoms with E-state index in [0.717, 1.165) is 17.7 Å². The summed E-state index contributed by atoms with van der Waals surface area (Å²) in [6, 6.07) is 28.9. The minimum Gasteiger partial charge on any atom is -0.369 e. The first-order chi connectivity index (χ1) is 11.3. The van der Waals surface area contributed by atoms with E-state index in [9.17, 15) is 5.11 Å². The van der Waals surface area contributed by atoms with Gasteiger partial charge in [0.1, 0.15) is 0 Å². The molecule has 4 rings (SSSR count). The molecule has 114 valence electrons. The number of hydrogen-bond donors (Lipinski definition) is 1. The van der Waals surface area contributed by atoms with E-state index in [4.69, 9.17) is 0 Å². The molecule has 0 saturated carbocycles. The molecule has 0 fully saturated rings. The van der Waals surface area contributed by atoms with Crippen molar-refractivity contribution in [2.24, 2.45) is 0 Å². The van der Waals surface area contributed by atoms with Crippen LogP contribution in [0.3, 0.4) is 0 Å². The summed E-state index contributed by atoms with van der Waals surface area (Å²) in [4.78, 5) is 2.12. The highest BCUT2D eigenvalue weighted by Crippen LogP contribution is 2.41. The van der Waals surface area contributed by atoms with Gasteiger partial charge in [-0.15, -0.1) is 0 Å². The van der Waals surface area contributed by atoms with Gasteiger partial charge in [-0.3, -0.25) is 0 Å². The Balaban J connectivity index is 1.85. The largest absolute Gasteiger partial charge is 0.369 e. The summed E-state index contributed by atoms with van der Waals surface area (Å²) < 4.78 is 0. The number of nitrogens with zero attached hydrogens (tertiary/aromatic N) is 1. The first-order valence-corrected chi connectivity index (χ1v) is 7.99. The van der Waals surface area contributed by atoms with Gasteiger partial charge in [0.2, 0.25) is 0 Å². The average molecular weight is 301 g/mol. The number of fused-ring (bicyclic) bond motifs is 1. The lowest BCUT2D eigenvalue weighted by molar-refractivity contribution is 0.150. The Morgan fingerprint density at radius 2 is 1.35 bits per heavy atom. The maximum absolute atomic E-state index is 11.0. The van der Waals surface area contributed by atoms with Crippen LogP contribution >= 0.6 is 0 Å². The zero-order valence-electron chi connectivity index (χ0n) is 12.8. The molecule has 1 N–H and O–H groups in total. The topological polar surface area (TPSA) is 23.5 Å². The van der Waals surface area contributed by atoms with Crippen molar-refractivity contribution in [2.75, 3.05) is 4.90 Å². The van der Waals surface area contributed by atoms with Crippen molar-refractivity contribution in [3.8, 4) is 0 Å². The number of para-hydroxylation sites is 1. The van der Waals surface area contributed by atoms with Gasteiger partial charge in [0.25, 0.3) is 0 Å². The van der Waals surface area contributed by atoms with Crippen LogP contribution < -0.4 is 4.90 Å². The Morgan fingerprint density at radius 3 is 2.09 bits per heavy atom. The number of rotatable bonds is 2. The zero-order chi connectivity index (χ0) is 15.6. The second-order valence-corrected chi connectivity index (χ2v) is 5.95. The predicted octanol–water partition coefficient (Wildman–Crippen LogP) is 4.48. The van der Waals surface area contributed by atoms with Crippen molar-refractivity contribution in [3.05, 3.63) is 102 Å². The Hall–Kier alpha value is -2.58. The summed E-state index contributed by atoms with van der Waals surface area (Å²) in [5, 5.41) is 11.0. The van der Waals surface area contributed by atoms with Crippen LogP contribution in [-0.2, 0) is 6.42 Å². The third-order valence-electron chi connectivity index (χ3n) is 4.58. The maximum Gasteiger partial charge on any atom is 0.154 e. The highest BCUT2D eigenvalue weighted by atomic mass is 16.3. The van der Waals surface area contributed by atoms with Crippen molar-refractivity contribution in [3.63, 3.8) is 0 Å². The second kappa shape index (κ2) is 5.90. The first-order valence-electron chi connectivity index (χ1n) is 7.99. The molecule has 2 heteroatoms. The van der Waals surface area contributed by atoms with E-state index in [2.05, 4.69) is 47.4 Å². The predicted molar refractivity (Wildman–Crippen MR) is 93.2 cm³/mol. The minimum atomic E-state index is -0.632. The van der Waals surface area contributed by atoms with E-state index in [-0.39, 0.29) is 6.04 Å². The number of aliphatic hydroxyl groups excluding tert-OH is 1. The lowest BCUT2D eigenvalue weighted by Crippen LogP contribution is -2.38. The highest BCUT2D eigenvalue weighted by Gasteiger charge is 2.33. The van der Waals surface area contributed by atoms with Gasteiger partial charge < -0.3 is 10.0 Å². The van der Waals surface area contributed by atoms with Gasteiger partial charge in [0.15, 0.2) is 6.23 Å². The Labute approximate surface area is 136 Å². The molecule has 0 spiro atoms. The Kier molecular flexibility index (Phi) is 3.60. The van der Waals surface area contributed by atoms with E-state index >= 15 is 0 Å². The van der Waals surface area contributed by atoms with Crippen molar-refractivity contribution in [1.82, 2.24) is 0 Å². The Bertz CT molecular complexity index is 785. The van der Waals surface area contributed by atoms with Crippen molar-refractivity contribution >= 4 is 5.69 Å². The molecule has 1 heterocycles. The summed E-state index contributed by atoms with van der Waals surface area (Å²) >= 11 is 0. The number of anilines is 1. The Morgan fingerprint density at radius 1 is 0.739 bits per heavy atom. The van der Waals surface area contributed by atoms with Gasteiger partial charge >= 0.3 is 0 Å². The SMILES string of the molecule is O[C@H]1c2ccccc2C[C@@H](c2ccccc2)N1c1ccccc1. The fraction of sp³-hybridized carbons (Fsp3) is 0.143. The summed E-state index contributed by atoms with van der Waals surface area (Å²) in [6.45, 7) is 0. The molecule has 1 aliphatic heterocycles. The zero-order valence-corrected chi connectivity index (χ0v) is 12.8. The number of hydrogen-bond acceptors (Lipinski definition) is 2. The van der Waals surface area contributed by atoms with Crippen LogP contribution in [0.1, 0.15) is 29.0 Å². The molecule has 23 heavy (non-hydrogen) atoms. The first kappa shape index (κ1) is 14.0. The lowest BCUT2D eigenvalue weighted by atomic mass is 9.88. The van der Waals surface area contributed by atoms with E-state index in [1.54, 1.807) is 0 Å². The van der Waals surface area contributed by atoms with Gasteiger partial charge in [0, 0.05) is 11.3 Å². The second-order valence-electron chi connectivity index (χ2n) is 5.95. The van der Waals surface area contributed by atoms with Crippen molar-refractivity contribution < 1.29 is 5.11 Å². The van der Waals surface area contributed by atoms with Crippen molar-refractivity contribution in [2.45, 2.75) is 18.7 Å². The third kappa shape index (κ3) is 2.51. The van der Waals surface area contributed by atoms with E-state index in [0.29, 0.717) is 0 Å². The van der Waals surface area contributed by atoms with E-state index < -0.39 is 6.23 Å². The van der Waals surface area contributed by atoms with Crippen LogP contribution in [0.25, 0.3) is 0 Å². The molecule has 0 radical (unpaired) electrons. The van der Waals surface area contributed by atoms with Crippen molar-refractivity contribution in [1.29, 1.82) is 0 Å². The molecular weight excluding hydrogens is 282 g/mol. The molecule has 1 aliphatic rings. The van der Waals surface area contributed by atoms with E-state index in [1.165, 1.54) is 11.1 Å². The average Bonchev–Trinajstić information content (AvgIpc) is 2.63. The van der Waals surface area contributed by atoms with Crippen LogP contribution in [0.2, 0.25) is 0 Å². The lowest BCUT2D eigenvalue weighted by Gasteiger charge is -2.42. The van der Waals surface area contributed by atoms with Crippen LogP contribution in [0.4, 0.5) is 5.69 Å². The molecule has 2 atom stereocenters. The van der Waals surface area contributed by atoms with Crippen LogP contribution in [-0.4, -0.2) is 5.11 Å². The van der Waals surface area contributed by atoms with Crippen LogP contribution in [0.5, 0.6) is 0 Å². The summed E-state index contributed by atoms with van der Waals surface area (Å²) in [6.07, 6.45) is 0.263.